The van der Waals surface area contributed by atoms with Crippen molar-refractivity contribution in [3.05, 3.63) is 77.7 Å². The molecule has 130 valence electrons. The predicted octanol–water partition coefficient (Wildman–Crippen LogP) is 5.59. The highest BCUT2D eigenvalue weighted by Gasteiger charge is 2.12. The molecule has 0 unspecified atom stereocenters. The molecular formula is C21H23NO3. The van der Waals surface area contributed by atoms with Crippen LogP contribution in [0.3, 0.4) is 0 Å². The lowest BCUT2D eigenvalue weighted by atomic mass is 10.1. The molecule has 0 radical (unpaired) electrons. The SMILES string of the molecule is CC.Cc1oc(C(=O)O)cc1CNc1ccc(-c2ccccc2)cc1. The number of rotatable bonds is 5. The van der Waals surface area contributed by atoms with Crippen molar-refractivity contribution < 1.29 is 14.3 Å². The van der Waals surface area contributed by atoms with Crippen LogP contribution in [0.5, 0.6) is 0 Å². The first-order chi connectivity index (χ1) is 12.1. The van der Waals surface area contributed by atoms with Crippen LogP contribution in [0.2, 0.25) is 0 Å². The number of hydrogen-bond acceptors (Lipinski definition) is 3. The van der Waals surface area contributed by atoms with Gasteiger partial charge in [-0.3, -0.25) is 0 Å². The van der Waals surface area contributed by atoms with Crippen molar-refractivity contribution in [1.29, 1.82) is 0 Å². The van der Waals surface area contributed by atoms with E-state index in [4.69, 9.17) is 9.52 Å². The number of carboxylic acids is 1. The number of aromatic carboxylic acids is 1. The van der Waals surface area contributed by atoms with Gasteiger partial charge in [0.25, 0.3) is 0 Å². The molecule has 2 N–H and O–H groups in total. The quantitative estimate of drug-likeness (QED) is 0.637. The predicted molar refractivity (Wildman–Crippen MR) is 101 cm³/mol. The van der Waals surface area contributed by atoms with E-state index < -0.39 is 5.97 Å². The van der Waals surface area contributed by atoms with E-state index in [0.29, 0.717) is 12.3 Å². The van der Waals surface area contributed by atoms with Crippen molar-refractivity contribution in [1.82, 2.24) is 0 Å². The molecule has 0 fully saturated rings. The zero-order valence-electron chi connectivity index (χ0n) is 14.7. The lowest BCUT2D eigenvalue weighted by Crippen LogP contribution is -1.99. The Labute approximate surface area is 148 Å². The highest BCUT2D eigenvalue weighted by atomic mass is 16.4. The molecule has 3 rings (SSSR count). The summed E-state index contributed by atoms with van der Waals surface area (Å²) < 4.78 is 5.20. The molecule has 3 aromatic rings. The van der Waals surface area contributed by atoms with Crippen LogP contribution in [0, 0.1) is 6.92 Å². The van der Waals surface area contributed by atoms with Gasteiger partial charge in [0.15, 0.2) is 0 Å². The van der Waals surface area contributed by atoms with Gasteiger partial charge >= 0.3 is 5.97 Å². The highest BCUT2D eigenvalue weighted by molar-refractivity contribution is 5.84. The third-order valence-electron chi connectivity index (χ3n) is 3.71. The summed E-state index contributed by atoms with van der Waals surface area (Å²) in [4.78, 5) is 10.9. The average Bonchev–Trinajstić information content (AvgIpc) is 3.04. The number of anilines is 1. The van der Waals surface area contributed by atoms with Crippen LogP contribution in [0.15, 0.2) is 65.1 Å². The zero-order valence-corrected chi connectivity index (χ0v) is 14.7. The summed E-state index contributed by atoms with van der Waals surface area (Å²) in [5, 5.41) is 12.2. The van der Waals surface area contributed by atoms with Gasteiger partial charge in [0.05, 0.1) is 0 Å². The third kappa shape index (κ3) is 4.73. The topological polar surface area (TPSA) is 62.5 Å². The van der Waals surface area contributed by atoms with Crippen molar-refractivity contribution in [2.45, 2.75) is 27.3 Å². The minimum absolute atomic E-state index is 0.0290. The molecule has 2 aromatic carbocycles. The molecule has 0 aliphatic heterocycles. The molecule has 25 heavy (non-hydrogen) atoms. The lowest BCUT2D eigenvalue weighted by molar-refractivity contribution is 0.0661. The van der Waals surface area contributed by atoms with Crippen LogP contribution in [-0.2, 0) is 6.54 Å². The number of benzene rings is 2. The maximum absolute atomic E-state index is 10.9. The smallest absolute Gasteiger partial charge is 0.371 e. The Balaban J connectivity index is 0.00000109. The van der Waals surface area contributed by atoms with Crippen LogP contribution in [-0.4, -0.2) is 11.1 Å². The van der Waals surface area contributed by atoms with Gasteiger partial charge in [-0.2, -0.15) is 0 Å². The van der Waals surface area contributed by atoms with Gasteiger partial charge in [-0.05, 0) is 36.2 Å². The molecule has 4 nitrogen and oxygen atoms in total. The van der Waals surface area contributed by atoms with E-state index in [0.717, 1.165) is 16.8 Å². The summed E-state index contributed by atoms with van der Waals surface area (Å²) in [7, 11) is 0. The summed E-state index contributed by atoms with van der Waals surface area (Å²) in [5.74, 6) is -0.457. The van der Waals surface area contributed by atoms with E-state index in [1.165, 1.54) is 5.56 Å². The average molecular weight is 337 g/mol. The molecule has 0 aliphatic carbocycles. The number of carbonyl (C=O) groups is 1. The largest absolute Gasteiger partial charge is 0.475 e. The number of nitrogens with one attached hydrogen (secondary N) is 1. The molecule has 0 saturated carbocycles. The van der Waals surface area contributed by atoms with Crippen LogP contribution < -0.4 is 5.32 Å². The zero-order chi connectivity index (χ0) is 18.2. The molecule has 0 atom stereocenters. The van der Waals surface area contributed by atoms with Gasteiger partial charge in [-0.15, -0.1) is 0 Å². The highest BCUT2D eigenvalue weighted by Crippen LogP contribution is 2.22. The van der Waals surface area contributed by atoms with Gasteiger partial charge in [0, 0.05) is 17.8 Å². The third-order valence-corrected chi connectivity index (χ3v) is 3.71. The van der Waals surface area contributed by atoms with Crippen molar-refractivity contribution in [3.63, 3.8) is 0 Å². The van der Waals surface area contributed by atoms with Crippen LogP contribution >= 0.6 is 0 Å². The van der Waals surface area contributed by atoms with Crippen molar-refractivity contribution >= 4 is 11.7 Å². The van der Waals surface area contributed by atoms with Gasteiger partial charge in [0.1, 0.15) is 5.76 Å². The fourth-order valence-corrected chi connectivity index (χ4v) is 2.41. The van der Waals surface area contributed by atoms with Crippen LogP contribution in [0.25, 0.3) is 11.1 Å². The number of hydrogen-bond donors (Lipinski definition) is 2. The minimum Gasteiger partial charge on any atom is -0.475 e. The summed E-state index contributed by atoms with van der Waals surface area (Å²) in [5.41, 5.74) is 4.15. The van der Waals surface area contributed by atoms with Crippen molar-refractivity contribution in [3.8, 4) is 11.1 Å². The molecular weight excluding hydrogens is 314 g/mol. The molecule has 0 bridgehead atoms. The molecule has 4 heteroatoms. The maximum atomic E-state index is 10.9. The van der Waals surface area contributed by atoms with Crippen LogP contribution in [0.4, 0.5) is 5.69 Å². The van der Waals surface area contributed by atoms with Crippen molar-refractivity contribution in [2.75, 3.05) is 5.32 Å². The van der Waals surface area contributed by atoms with E-state index in [1.807, 2.05) is 44.2 Å². The van der Waals surface area contributed by atoms with Gasteiger partial charge in [0.2, 0.25) is 5.76 Å². The fraction of sp³-hybridized carbons (Fsp3) is 0.190. The van der Waals surface area contributed by atoms with E-state index in [1.54, 1.807) is 13.0 Å². The normalized spacial score (nSPS) is 9.88. The molecule has 1 aromatic heterocycles. The second-order valence-electron chi connectivity index (χ2n) is 5.29. The Morgan fingerprint density at radius 2 is 1.60 bits per heavy atom. The standard InChI is InChI=1S/C19H17NO3.C2H6/c1-13-16(11-18(23-13)19(21)22)12-20-17-9-7-15(8-10-17)14-5-3-2-4-6-14;1-2/h2-11,20H,12H2,1H3,(H,21,22);1-2H3. The van der Waals surface area contributed by atoms with E-state index in [9.17, 15) is 4.79 Å². The first-order valence-corrected chi connectivity index (χ1v) is 8.35. The van der Waals surface area contributed by atoms with Gasteiger partial charge in [-0.1, -0.05) is 56.3 Å². The molecule has 0 aliphatic rings. The minimum atomic E-state index is -1.05. The molecule has 1 heterocycles. The Morgan fingerprint density at radius 3 is 2.16 bits per heavy atom. The van der Waals surface area contributed by atoms with Crippen molar-refractivity contribution in [2.24, 2.45) is 0 Å². The monoisotopic (exact) mass is 337 g/mol. The van der Waals surface area contributed by atoms with E-state index >= 15 is 0 Å². The van der Waals surface area contributed by atoms with Gasteiger partial charge < -0.3 is 14.8 Å². The summed E-state index contributed by atoms with van der Waals surface area (Å²) >= 11 is 0. The van der Waals surface area contributed by atoms with Gasteiger partial charge in [-0.25, -0.2) is 4.79 Å². The number of aryl methyl sites for hydroxylation is 1. The molecule has 0 amide bonds. The van der Waals surface area contributed by atoms with E-state index in [-0.39, 0.29) is 5.76 Å². The Morgan fingerprint density at radius 1 is 1.00 bits per heavy atom. The first kappa shape index (κ1) is 18.3. The van der Waals surface area contributed by atoms with Crippen LogP contribution in [0.1, 0.15) is 35.7 Å². The summed E-state index contributed by atoms with van der Waals surface area (Å²) in [6, 6.07) is 19.9. The summed E-state index contributed by atoms with van der Waals surface area (Å²) in [6.45, 7) is 6.29. The van der Waals surface area contributed by atoms with E-state index in [2.05, 4.69) is 29.6 Å². The first-order valence-electron chi connectivity index (χ1n) is 8.35. The Kier molecular flexibility index (Phi) is 6.40. The second-order valence-corrected chi connectivity index (χ2v) is 5.29. The molecule has 0 spiro atoms. The maximum Gasteiger partial charge on any atom is 0.371 e. The Bertz CT molecular complexity index is 805. The molecule has 0 saturated heterocycles. The summed E-state index contributed by atoms with van der Waals surface area (Å²) in [6.07, 6.45) is 0. The second kappa shape index (κ2) is 8.73. The fourth-order valence-electron chi connectivity index (χ4n) is 2.41. The lowest BCUT2D eigenvalue weighted by Gasteiger charge is -2.07. The number of furan rings is 1. The number of carboxylic acid groups (broad SMARTS) is 1. The Hall–Kier alpha value is -3.01.